The van der Waals surface area contributed by atoms with Crippen molar-refractivity contribution in [2.24, 2.45) is 23.7 Å². The van der Waals surface area contributed by atoms with Crippen molar-refractivity contribution in [3.63, 3.8) is 0 Å². The predicted octanol–water partition coefficient (Wildman–Crippen LogP) is 3.75. The van der Waals surface area contributed by atoms with Gasteiger partial charge in [-0.2, -0.15) is 5.10 Å². The Labute approximate surface area is 208 Å². The standard InChI is InChI=1S/C27H42N4O4/c1-6-7-22(32)30-26(4,5)8-9-31-25(35-16-17(2)3)21(15-28-31)24(33)29-23-19-10-18-11-20(23)14-27(34,12-18)13-19/h8-9,15,17-20,23,34H,6-7,10-14,16H2,1-5H3,(H,29,33)(H,30,32)/b9-8+. The van der Waals surface area contributed by atoms with Gasteiger partial charge in [0.25, 0.3) is 5.91 Å². The van der Waals surface area contributed by atoms with E-state index in [2.05, 4.69) is 29.6 Å². The van der Waals surface area contributed by atoms with Crippen LogP contribution in [0.1, 0.15) is 89.9 Å². The molecule has 1 heterocycles. The fraction of sp³-hybridized carbons (Fsp3) is 0.741. The smallest absolute Gasteiger partial charge is 0.258 e. The Morgan fingerprint density at radius 3 is 2.57 bits per heavy atom. The Bertz CT molecular complexity index is 950. The lowest BCUT2D eigenvalue weighted by Crippen LogP contribution is -2.61. The molecular weight excluding hydrogens is 444 g/mol. The van der Waals surface area contributed by atoms with Crippen molar-refractivity contribution < 1.29 is 19.4 Å². The molecular formula is C27H42N4O4. The second-order valence-corrected chi connectivity index (χ2v) is 12.0. The van der Waals surface area contributed by atoms with Crippen LogP contribution < -0.4 is 15.4 Å². The van der Waals surface area contributed by atoms with Crippen molar-refractivity contribution in [2.75, 3.05) is 6.61 Å². The summed E-state index contributed by atoms with van der Waals surface area (Å²) in [5.41, 5.74) is -0.690. The van der Waals surface area contributed by atoms with E-state index >= 15 is 0 Å². The van der Waals surface area contributed by atoms with Crippen molar-refractivity contribution in [1.29, 1.82) is 0 Å². The van der Waals surface area contributed by atoms with Crippen molar-refractivity contribution in [3.05, 3.63) is 17.8 Å². The molecule has 194 valence electrons. The Kier molecular flexibility index (Phi) is 7.32. The number of ether oxygens (including phenoxy) is 1. The number of amides is 2. The molecule has 4 bridgehead atoms. The van der Waals surface area contributed by atoms with Crippen LogP contribution in [0.25, 0.3) is 6.20 Å². The first-order valence-electron chi connectivity index (χ1n) is 13.2. The summed E-state index contributed by atoms with van der Waals surface area (Å²) in [5, 5.41) is 21.6. The monoisotopic (exact) mass is 486 g/mol. The highest BCUT2D eigenvalue weighted by molar-refractivity contribution is 5.96. The minimum absolute atomic E-state index is 0.000658. The highest BCUT2D eigenvalue weighted by atomic mass is 16.5. The first-order valence-corrected chi connectivity index (χ1v) is 13.2. The zero-order valence-electron chi connectivity index (χ0n) is 21.8. The fourth-order valence-corrected chi connectivity index (χ4v) is 6.40. The van der Waals surface area contributed by atoms with Gasteiger partial charge < -0.3 is 20.5 Å². The molecule has 2 unspecified atom stereocenters. The largest absolute Gasteiger partial charge is 0.477 e. The molecule has 1 aromatic heterocycles. The van der Waals surface area contributed by atoms with Gasteiger partial charge in [0.1, 0.15) is 5.56 Å². The van der Waals surface area contributed by atoms with Gasteiger partial charge in [0.05, 0.1) is 23.9 Å². The Morgan fingerprint density at radius 1 is 1.29 bits per heavy atom. The second kappa shape index (κ2) is 9.96. The minimum Gasteiger partial charge on any atom is -0.477 e. The molecule has 35 heavy (non-hydrogen) atoms. The van der Waals surface area contributed by atoms with Gasteiger partial charge in [0.15, 0.2) is 0 Å². The summed E-state index contributed by atoms with van der Waals surface area (Å²) in [6.45, 7) is 10.4. The summed E-state index contributed by atoms with van der Waals surface area (Å²) in [5.74, 6) is 1.77. The van der Waals surface area contributed by atoms with Crippen LogP contribution in [0.15, 0.2) is 12.3 Å². The topological polar surface area (TPSA) is 105 Å². The molecule has 4 aliphatic rings. The van der Waals surface area contributed by atoms with E-state index in [1.54, 1.807) is 17.1 Å². The van der Waals surface area contributed by atoms with Gasteiger partial charge >= 0.3 is 0 Å². The summed E-state index contributed by atoms with van der Waals surface area (Å²) in [6, 6.07) is 0.0869. The maximum atomic E-state index is 13.4. The van der Waals surface area contributed by atoms with E-state index in [-0.39, 0.29) is 23.8 Å². The SMILES string of the molecule is CCCC(=O)NC(C)(C)/C=C/n1ncc(C(=O)NC2C3CC4CC2CC(O)(C4)C3)c1OCC(C)C. The summed E-state index contributed by atoms with van der Waals surface area (Å²) in [4.78, 5) is 25.5. The Hall–Kier alpha value is -2.35. The van der Waals surface area contributed by atoms with Crippen molar-refractivity contribution in [2.45, 2.75) is 96.7 Å². The summed E-state index contributed by atoms with van der Waals surface area (Å²) >= 11 is 0. The van der Waals surface area contributed by atoms with E-state index in [1.165, 1.54) is 0 Å². The lowest BCUT2D eigenvalue weighted by Gasteiger charge is -2.58. The van der Waals surface area contributed by atoms with E-state index in [1.807, 2.05) is 26.8 Å². The maximum Gasteiger partial charge on any atom is 0.258 e. The zero-order chi connectivity index (χ0) is 25.4. The molecule has 0 radical (unpaired) electrons. The quantitative estimate of drug-likeness (QED) is 0.467. The number of hydrogen-bond donors (Lipinski definition) is 3. The molecule has 3 N–H and O–H groups in total. The molecule has 4 aliphatic carbocycles. The summed E-state index contributed by atoms with van der Waals surface area (Å²) < 4.78 is 7.63. The van der Waals surface area contributed by atoms with Gasteiger partial charge in [0, 0.05) is 18.7 Å². The van der Waals surface area contributed by atoms with Crippen LogP contribution in [0.4, 0.5) is 0 Å². The highest BCUT2D eigenvalue weighted by Crippen LogP contribution is 2.55. The molecule has 1 aromatic rings. The van der Waals surface area contributed by atoms with Crippen LogP contribution in [0.2, 0.25) is 0 Å². The van der Waals surface area contributed by atoms with Crippen LogP contribution >= 0.6 is 0 Å². The third-order valence-corrected chi connectivity index (χ3v) is 7.66. The number of hydrogen-bond acceptors (Lipinski definition) is 5. The molecule has 0 aliphatic heterocycles. The average molecular weight is 487 g/mol. The van der Waals surface area contributed by atoms with Gasteiger partial charge in [-0.15, -0.1) is 0 Å². The zero-order valence-corrected chi connectivity index (χ0v) is 21.8. The van der Waals surface area contributed by atoms with Crippen LogP contribution in [0, 0.1) is 23.7 Å². The third-order valence-electron chi connectivity index (χ3n) is 7.66. The molecule has 0 saturated heterocycles. The Balaban J connectivity index is 1.50. The van der Waals surface area contributed by atoms with E-state index in [0.717, 1.165) is 38.5 Å². The number of nitrogens with one attached hydrogen (secondary N) is 2. The molecule has 4 saturated carbocycles. The van der Waals surface area contributed by atoms with Crippen molar-refractivity contribution >= 4 is 18.0 Å². The number of nitrogens with zero attached hydrogens (tertiary/aromatic N) is 2. The lowest BCUT2D eigenvalue weighted by molar-refractivity contribution is -0.137. The number of carbonyl (C=O) groups excluding carboxylic acids is 2. The second-order valence-electron chi connectivity index (χ2n) is 12.0. The first kappa shape index (κ1) is 25.7. The molecule has 0 spiro atoms. The molecule has 5 rings (SSSR count). The maximum absolute atomic E-state index is 13.4. The molecule has 2 atom stereocenters. The van der Waals surface area contributed by atoms with Gasteiger partial charge in [-0.1, -0.05) is 20.8 Å². The van der Waals surface area contributed by atoms with Crippen LogP contribution in [-0.4, -0.2) is 50.5 Å². The minimum atomic E-state index is -0.573. The molecule has 8 heteroatoms. The van der Waals surface area contributed by atoms with Gasteiger partial charge in [0.2, 0.25) is 11.8 Å². The molecule has 4 fully saturated rings. The van der Waals surface area contributed by atoms with Crippen LogP contribution in [0.5, 0.6) is 5.88 Å². The van der Waals surface area contributed by atoms with Gasteiger partial charge in [-0.25, -0.2) is 4.68 Å². The number of rotatable bonds is 10. The normalized spacial score (nSPS) is 29.7. The van der Waals surface area contributed by atoms with E-state index in [4.69, 9.17) is 4.74 Å². The summed E-state index contributed by atoms with van der Waals surface area (Å²) in [6.07, 6.45) is 11.1. The van der Waals surface area contributed by atoms with Crippen LogP contribution in [-0.2, 0) is 4.79 Å². The lowest BCUT2D eigenvalue weighted by atomic mass is 9.52. The number of aromatic nitrogens is 2. The average Bonchev–Trinajstić information content (AvgIpc) is 3.15. The van der Waals surface area contributed by atoms with Crippen LogP contribution in [0.3, 0.4) is 0 Å². The van der Waals surface area contributed by atoms with E-state index in [0.29, 0.717) is 42.2 Å². The molecule has 2 amide bonds. The predicted molar refractivity (Wildman–Crippen MR) is 135 cm³/mol. The number of carbonyl (C=O) groups is 2. The fourth-order valence-electron chi connectivity index (χ4n) is 6.40. The van der Waals surface area contributed by atoms with E-state index < -0.39 is 11.1 Å². The molecule has 0 aromatic carbocycles. The Morgan fingerprint density at radius 2 is 1.97 bits per heavy atom. The third kappa shape index (κ3) is 5.90. The number of aliphatic hydroxyl groups is 1. The van der Waals surface area contributed by atoms with Crippen molar-refractivity contribution in [1.82, 2.24) is 20.4 Å². The summed E-state index contributed by atoms with van der Waals surface area (Å²) in [7, 11) is 0. The van der Waals surface area contributed by atoms with Gasteiger partial charge in [-0.05, 0) is 82.1 Å². The molecule has 8 nitrogen and oxygen atoms in total. The first-order chi connectivity index (χ1) is 16.5. The van der Waals surface area contributed by atoms with Gasteiger partial charge in [-0.3, -0.25) is 9.59 Å². The highest BCUT2D eigenvalue weighted by Gasteiger charge is 2.55. The van der Waals surface area contributed by atoms with Crippen molar-refractivity contribution in [3.8, 4) is 5.88 Å². The van der Waals surface area contributed by atoms with E-state index in [9.17, 15) is 14.7 Å².